The Morgan fingerprint density at radius 3 is 2.53 bits per heavy atom. The molecule has 0 saturated carbocycles. The Bertz CT molecular complexity index is 617. The Kier molecular flexibility index (Phi) is 2.42. The van der Waals surface area contributed by atoms with Crippen LogP contribution in [0.25, 0.3) is 11.1 Å². The summed E-state index contributed by atoms with van der Waals surface area (Å²) < 4.78 is 0. The first kappa shape index (κ1) is 11.1. The highest BCUT2D eigenvalue weighted by Crippen LogP contribution is 2.46. The maximum Gasteiger partial charge on any atom is 0.0444 e. The molecule has 1 unspecified atom stereocenters. The number of hydrogen-bond donors (Lipinski definition) is 0. The molecule has 3 rings (SSSR count). The van der Waals surface area contributed by atoms with Crippen LogP contribution < -0.4 is 0 Å². The molecule has 0 aliphatic heterocycles. The number of fused-ring (bicyclic) bond motifs is 3. The van der Waals surface area contributed by atoms with Crippen molar-refractivity contribution in [2.75, 3.05) is 0 Å². The van der Waals surface area contributed by atoms with Crippen LogP contribution in [0.4, 0.5) is 0 Å². The minimum Gasteiger partial charge on any atom is -0.0840 e. The molecule has 0 N–H and O–H groups in total. The summed E-state index contributed by atoms with van der Waals surface area (Å²) >= 11 is 6.30. The first-order valence-electron chi connectivity index (χ1n) is 5.71. The second-order valence-electron chi connectivity index (χ2n) is 4.59. The molecule has 3 radical (unpaired) electrons. The minimum atomic E-state index is 0.289. The van der Waals surface area contributed by atoms with Gasteiger partial charge in [0.15, 0.2) is 0 Å². The average Bonchev–Trinajstić information content (AvgIpc) is 2.61. The van der Waals surface area contributed by atoms with E-state index in [1.54, 1.807) is 0 Å². The van der Waals surface area contributed by atoms with Gasteiger partial charge in [-0.2, -0.15) is 0 Å². The molecule has 2 aromatic carbocycles. The smallest absolute Gasteiger partial charge is 0.0444 e. The normalized spacial score (nSPS) is 16.8. The van der Waals surface area contributed by atoms with Crippen LogP contribution in [0.1, 0.15) is 27.8 Å². The summed E-state index contributed by atoms with van der Waals surface area (Å²) in [7, 11) is 3.86. The van der Waals surface area contributed by atoms with Crippen LogP contribution in [0, 0.1) is 13.8 Å². The highest BCUT2D eigenvalue weighted by Gasteiger charge is 2.27. The second kappa shape index (κ2) is 3.72. The Balaban J connectivity index is 2.39. The predicted octanol–water partition coefficient (Wildman–Crippen LogP) is 4.20. The maximum absolute atomic E-state index is 6.30. The topological polar surface area (TPSA) is 0 Å². The van der Waals surface area contributed by atoms with Crippen LogP contribution in [0.3, 0.4) is 0 Å². The molecule has 17 heavy (non-hydrogen) atoms. The van der Waals surface area contributed by atoms with Crippen molar-refractivity contribution in [1.82, 2.24) is 0 Å². The molecule has 0 bridgehead atoms. The van der Waals surface area contributed by atoms with E-state index in [4.69, 9.17) is 11.6 Å². The maximum atomic E-state index is 6.30. The molecule has 0 heterocycles. The zero-order valence-electron chi connectivity index (χ0n) is 9.84. The third-order valence-corrected chi connectivity index (χ3v) is 4.73. The van der Waals surface area contributed by atoms with Crippen LogP contribution in [0.5, 0.6) is 0 Å². The van der Waals surface area contributed by atoms with E-state index in [2.05, 4.69) is 54.4 Å². The van der Waals surface area contributed by atoms with Crippen molar-refractivity contribution in [3.63, 3.8) is 0 Å². The predicted molar refractivity (Wildman–Crippen MR) is 74.0 cm³/mol. The SMILES string of the molecule is Cc1c(Cl)cc2c(c1C)C([Si])c1ccccc1-2. The average molecular weight is 256 g/mol. The van der Waals surface area contributed by atoms with Crippen molar-refractivity contribution < 1.29 is 0 Å². The molecule has 0 spiro atoms. The highest BCUT2D eigenvalue weighted by atomic mass is 35.5. The fraction of sp³-hybridized carbons (Fsp3) is 0.200. The molecule has 1 atom stereocenters. The Labute approximate surface area is 110 Å². The number of halogens is 1. The number of hydrogen-bond acceptors (Lipinski definition) is 0. The molecular weight excluding hydrogens is 244 g/mol. The Hall–Kier alpha value is -1.05. The molecule has 0 amide bonds. The van der Waals surface area contributed by atoms with E-state index in [9.17, 15) is 0 Å². The monoisotopic (exact) mass is 255 g/mol. The summed E-state index contributed by atoms with van der Waals surface area (Å²) in [6.07, 6.45) is 0. The molecule has 0 fully saturated rings. The molecule has 1 aliphatic carbocycles. The standard InChI is InChI=1S/C15H12ClSi/c1-8-9(2)14-12(7-13(8)16)10-5-3-4-6-11(10)15(14)17/h3-7,15H,1-2H3. The van der Waals surface area contributed by atoms with Gasteiger partial charge in [-0.25, -0.2) is 0 Å². The molecule has 83 valence electrons. The lowest BCUT2D eigenvalue weighted by atomic mass is 9.98. The van der Waals surface area contributed by atoms with Crippen LogP contribution in [-0.2, 0) is 0 Å². The van der Waals surface area contributed by atoms with Gasteiger partial charge in [-0.1, -0.05) is 35.9 Å². The molecule has 0 nitrogen and oxygen atoms in total. The van der Waals surface area contributed by atoms with Crippen molar-refractivity contribution >= 4 is 21.8 Å². The van der Waals surface area contributed by atoms with Gasteiger partial charge in [0.05, 0.1) is 0 Å². The van der Waals surface area contributed by atoms with Crippen LogP contribution >= 0.6 is 11.6 Å². The molecular formula is C15H12ClSi. The quantitative estimate of drug-likeness (QED) is 0.619. The summed E-state index contributed by atoms with van der Waals surface area (Å²) in [5, 5.41) is 0.858. The van der Waals surface area contributed by atoms with Gasteiger partial charge in [-0.15, -0.1) is 0 Å². The Morgan fingerprint density at radius 2 is 1.76 bits per heavy atom. The van der Waals surface area contributed by atoms with Crippen molar-refractivity contribution in [2.24, 2.45) is 0 Å². The largest absolute Gasteiger partial charge is 0.0840 e. The lowest BCUT2D eigenvalue weighted by molar-refractivity contribution is 1.15. The van der Waals surface area contributed by atoms with E-state index >= 15 is 0 Å². The van der Waals surface area contributed by atoms with E-state index in [1.807, 2.05) is 0 Å². The zero-order chi connectivity index (χ0) is 12.2. The third kappa shape index (κ3) is 1.42. The van der Waals surface area contributed by atoms with Crippen molar-refractivity contribution in [1.29, 1.82) is 0 Å². The Morgan fingerprint density at radius 1 is 1.06 bits per heavy atom. The molecule has 0 saturated heterocycles. The highest BCUT2D eigenvalue weighted by molar-refractivity contribution is 6.32. The summed E-state index contributed by atoms with van der Waals surface area (Å²) in [6.45, 7) is 4.24. The van der Waals surface area contributed by atoms with Crippen LogP contribution in [-0.4, -0.2) is 10.2 Å². The fourth-order valence-electron chi connectivity index (χ4n) is 2.64. The van der Waals surface area contributed by atoms with E-state index in [-0.39, 0.29) is 5.54 Å². The van der Waals surface area contributed by atoms with Gasteiger partial charge in [0, 0.05) is 15.3 Å². The van der Waals surface area contributed by atoms with E-state index in [0.29, 0.717) is 0 Å². The van der Waals surface area contributed by atoms with Gasteiger partial charge in [-0.3, -0.25) is 0 Å². The van der Waals surface area contributed by atoms with Crippen LogP contribution in [0.2, 0.25) is 5.02 Å². The fourth-order valence-corrected chi connectivity index (χ4v) is 3.51. The second-order valence-corrected chi connectivity index (χ2v) is 5.57. The lowest BCUT2D eigenvalue weighted by Gasteiger charge is -2.13. The summed E-state index contributed by atoms with van der Waals surface area (Å²) in [6, 6.07) is 10.6. The van der Waals surface area contributed by atoms with Crippen molar-refractivity contribution in [3.05, 3.63) is 57.6 Å². The van der Waals surface area contributed by atoms with E-state index in [1.165, 1.54) is 33.4 Å². The van der Waals surface area contributed by atoms with Gasteiger partial charge in [0.1, 0.15) is 0 Å². The molecule has 0 aromatic heterocycles. The van der Waals surface area contributed by atoms with Gasteiger partial charge >= 0.3 is 0 Å². The van der Waals surface area contributed by atoms with E-state index in [0.717, 1.165) is 5.02 Å². The van der Waals surface area contributed by atoms with Gasteiger partial charge in [-0.05, 0) is 58.8 Å². The van der Waals surface area contributed by atoms with Crippen molar-refractivity contribution in [2.45, 2.75) is 19.4 Å². The number of rotatable bonds is 0. The first-order chi connectivity index (χ1) is 8.11. The first-order valence-corrected chi connectivity index (χ1v) is 6.67. The summed E-state index contributed by atoms with van der Waals surface area (Å²) in [5.41, 5.74) is 8.04. The molecule has 2 aromatic rings. The summed E-state index contributed by atoms with van der Waals surface area (Å²) in [4.78, 5) is 0. The van der Waals surface area contributed by atoms with E-state index < -0.39 is 0 Å². The third-order valence-electron chi connectivity index (χ3n) is 3.74. The minimum absolute atomic E-state index is 0.289. The summed E-state index contributed by atoms with van der Waals surface area (Å²) in [5.74, 6) is 0. The van der Waals surface area contributed by atoms with Crippen LogP contribution in [0.15, 0.2) is 30.3 Å². The van der Waals surface area contributed by atoms with Gasteiger partial charge in [0.2, 0.25) is 0 Å². The molecule has 2 heteroatoms. The van der Waals surface area contributed by atoms with Crippen molar-refractivity contribution in [3.8, 4) is 11.1 Å². The molecule has 1 aliphatic rings. The van der Waals surface area contributed by atoms with Gasteiger partial charge in [0.25, 0.3) is 0 Å². The zero-order valence-corrected chi connectivity index (χ0v) is 11.6. The van der Waals surface area contributed by atoms with Gasteiger partial charge < -0.3 is 0 Å². The lowest BCUT2D eigenvalue weighted by Crippen LogP contribution is -1.99. The number of benzene rings is 2.